The number of hydrogen-bond acceptors (Lipinski definition) is 0. The van der Waals surface area contributed by atoms with Gasteiger partial charge in [-0.2, -0.15) is 0 Å². The summed E-state index contributed by atoms with van der Waals surface area (Å²) >= 11 is 4.93. The molecule has 0 saturated heterocycles. The average Bonchev–Trinajstić information content (AvgIpc) is 1.76. The molecule has 0 fully saturated rings. The molecule has 0 rings (SSSR count). The van der Waals surface area contributed by atoms with E-state index in [4.69, 9.17) is 0 Å². The van der Waals surface area contributed by atoms with Crippen molar-refractivity contribution in [3.63, 3.8) is 0 Å². The Hall–Kier alpha value is 2.05. The summed E-state index contributed by atoms with van der Waals surface area (Å²) in [6, 6.07) is 0. The summed E-state index contributed by atoms with van der Waals surface area (Å²) in [5.74, 6) is 9.73. The first-order valence-corrected chi connectivity index (χ1v) is 25.8. The molecule has 0 aliphatic rings. The van der Waals surface area contributed by atoms with Gasteiger partial charge < -0.3 is 0 Å². The van der Waals surface area contributed by atoms with Gasteiger partial charge in [0.2, 0.25) is 0 Å². The van der Waals surface area contributed by atoms with E-state index < -0.39 is 22.8 Å². The molecule has 0 nitrogen and oxygen atoms in total. The molecule has 0 N–H and O–H groups in total. The summed E-state index contributed by atoms with van der Waals surface area (Å²) in [6.45, 7) is 0. The van der Waals surface area contributed by atoms with E-state index in [1.54, 1.807) is 0 Å². The molecule has 0 aromatic heterocycles. The van der Waals surface area contributed by atoms with Crippen molar-refractivity contribution in [3.05, 3.63) is 0 Å². The maximum absolute atomic E-state index is 3.85. The molecule has 4 heteroatoms. The summed E-state index contributed by atoms with van der Waals surface area (Å²) < 4.78 is 0. The van der Waals surface area contributed by atoms with E-state index in [1.807, 2.05) is 0 Å². The van der Waals surface area contributed by atoms with Crippen molar-refractivity contribution >= 4 is 50.9 Å². The van der Waals surface area contributed by atoms with E-state index >= 15 is 0 Å². The Bertz CT molecular complexity index is 108. The van der Waals surface area contributed by atoms with Gasteiger partial charge in [-0.05, 0) is 0 Å². The average molecular weight is 421 g/mol. The van der Waals surface area contributed by atoms with Crippen LogP contribution in [-0.4, -0.2) is 22.8 Å². The van der Waals surface area contributed by atoms with Crippen molar-refractivity contribution in [2.45, 2.75) is 46.4 Å². The molecule has 0 amide bonds. The van der Waals surface area contributed by atoms with Gasteiger partial charge in [-0.15, -0.1) is 0 Å². The third kappa shape index (κ3) is 12.0. The van der Waals surface area contributed by atoms with Crippen LogP contribution in [0.5, 0.6) is 0 Å². The second-order valence-electron chi connectivity index (χ2n) is 4.64. The molecule has 0 spiro atoms. The summed E-state index contributed by atoms with van der Waals surface area (Å²) in [4.78, 5) is 0. The van der Waals surface area contributed by atoms with Crippen LogP contribution in [0.25, 0.3) is 0 Å². The Balaban J connectivity index is 3.35. The van der Waals surface area contributed by atoms with E-state index in [2.05, 4.69) is 51.0 Å². The Morgan fingerprint density at radius 2 is 1.00 bits per heavy atom. The van der Waals surface area contributed by atoms with Crippen LogP contribution in [0.3, 0.4) is 0 Å². The van der Waals surface area contributed by atoms with Crippen LogP contribution in [0, 0.1) is 0 Å². The first-order chi connectivity index (χ1) is 5.21. The van der Waals surface area contributed by atoms with Crippen LogP contribution in [0.2, 0.25) is 33.5 Å². The summed E-state index contributed by atoms with van der Waals surface area (Å²) in [5.41, 5.74) is 0. The molecule has 0 bridgehead atoms. The molecule has 74 valence electrons. The van der Waals surface area contributed by atoms with Gasteiger partial charge >= 0.3 is 97.2 Å². The second kappa shape index (κ2) is 5.81. The van der Waals surface area contributed by atoms with Crippen LogP contribution in [0.1, 0.15) is 12.8 Å². The van der Waals surface area contributed by atoms with Crippen molar-refractivity contribution in [2.24, 2.45) is 0 Å². The van der Waals surface area contributed by atoms with Crippen molar-refractivity contribution in [3.8, 4) is 0 Å². The molecule has 0 heterocycles. The van der Waals surface area contributed by atoms with Crippen molar-refractivity contribution in [1.82, 2.24) is 0 Å². The number of unbranched alkanes of at least 4 members (excludes halogenated alkanes) is 1. The summed E-state index contributed by atoms with van der Waals surface area (Å²) in [7, 11) is 0. The molecular weight excluding hydrogens is 401 g/mol. The van der Waals surface area contributed by atoms with Crippen LogP contribution in [-0.2, 0) is 0 Å². The molecule has 0 radical (unpaired) electrons. The number of hydrogen-bond donors (Lipinski definition) is 0. The Morgan fingerprint density at radius 3 is 1.17 bits per heavy atom. The van der Waals surface area contributed by atoms with E-state index in [9.17, 15) is 0 Å². The molecule has 0 aliphatic heterocycles. The fourth-order valence-corrected chi connectivity index (χ4v) is 8.58. The molecule has 0 atom stereocenters. The first-order valence-electron chi connectivity index (χ1n) is 4.59. The summed E-state index contributed by atoms with van der Waals surface area (Å²) in [6.07, 6.45) is 2.89. The van der Waals surface area contributed by atoms with Gasteiger partial charge in [-0.3, -0.25) is 0 Å². The minimum absolute atomic E-state index is 1.38. The van der Waals surface area contributed by atoms with E-state index in [0.717, 1.165) is 0 Å². The number of rotatable bonds is 5. The van der Waals surface area contributed by atoms with Crippen LogP contribution in [0.15, 0.2) is 0 Å². The Kier molecular flexibility index (Phi) is 6.80. The number of halogens is 2. The van der Waals surface area contributed by atoms with Gasteiger partial charge in [-0.25, -0.2) is 0 Å². The minimum atomic E-state index is -1.38. The molecule has 12 heavy (non-hydrogen) atoms. The van der Waals surface area contributed by atoms with Crippen molar-refractivity contribution < 1.29 is 0 Å². The van der Waals surface area contributed by atoms with Gasteiger partial charge in [0.05, 0.1) is 0 Å². The van der Waals surface area contributed by atoms with Gasteiger partial charge in [-0.1, -0.05) is 0 Å². The van der Waals surface area contributed by atoms with Gasteiger partial charge in [0.1, 0.15) is 0 Å². The third-order valence-electron chi connectivity index (χ3n) is 1.79. The van der Waals surface area contributed by atoms with Gasteiger partial charge in [0.15, 0.2) is 0 Å². The molecule has 0 aromatic rings. The van der Waals surface area contributed by atoms with E-state index in [-0.39, 0.29) is 0 Å². The quantitative estimate of drug-likeness (QED) is 0.435. The zero-order valence-electron chi connectivity index (χ0n) is 8.58. The normalized spacial score (nSPS) is 13.5. The van der Waals surface area contributed by atoms with Crippen molar-refractivity contribution in [1.29, 1.82) is 0 Å². The standard InChI is InChI=1S/C8H20Br2Ge2/c1-11(2,9)7-5-6-8-12(3,4)10/h5-8H2,1-4H3. The fraction of sp³-hybridized carbons (Fsp3) is 1.00. The SMILES string of the molecule is [CH3][Ge]([CH3])([Br])[CH2]CC[CH2][Ge]([CH3])([CH3])[Br]. The van der Waals surface area contributed by atoms with E-state index in [0.29, 0.717) is 0 Å². The van der Waals surface area contributed by atoms with Gasteiger partial charge in [0, 0.05) is 0 Å². The predicted molar refractivity (Wildman–Crippen MR) is 71.7 cm³/mol. The van der Waals surface area contributed by atoms with Crippen LogP contribution in [0.4, 0.5) is 0 Å². The Morgan fingerprint density at radius 1 is 0.750 bits per heavy atom. The van der Waals surface area contributed by atoms with Crippen molar-refractivity contribution in [2.75, 3.05) is 0 Å². The fourth-order valence-electron chi connectivity index (χ4n) is 1.09. The zero-order chi connectivity index (χ0) is 9.83. The molecule has 0 aliphatic carbocycles. The topological polar surface area (TPSA) is 0 Å². The molecule has 0 aromatic carbocycles. The van der Waals surface area contributed by atoms with Crippen LogP contribution < -0.4 is 0 Å². The second-order valence-corrected chi connectivity index (χ2v) is 43.5. The Labute approximate surface area is 96.2 Å². The van der Waals surface area contributed by atoms with Gasteiger partial charge in [0.25, 0.3) is 0 Å². The molecule has 0 saturated carbocycles. The molecule has 0 unspecified atom stereocenters. The van der Waals surface area contributed by atoms with E-state index in [1.165, 1.54) is 23.3 Å². The third-order valence-corrected chi connectivity index (χ3v) is 12.4. The predicted octanol–water partition coefficient (Wildman–Crippen LogP) is 4.97. The zero-order valence-corrected chi connectivity index (χ0v) is 16.0. The summed E-state index contributed by atoms with van der Waals surface area (Å²) in [5, 5.41) is 2.96. The first kappa shape index (κ1) is 14.0. The monoisotopic (exact) mass is 422 g/mol. The molecular formula is C8H20Br2Ge2. The maximum atomic E-state index is 3.85. The van der Waals surface area contributed by atoms with Crippen LogP contribution >= 0.6 is 28.0 Å².